The van der Waals surface area contributed by atoms with Gasteiger partial charge in [-0.05, 0) is 54.8 Å². The van der Waals surface area contributed by atoms with Crippen molar-refractivity contribution in [2.24, 2.45) is 0 Å². The summed E-state index contributed by atoms with van der Waals surface area (Å²) in [5.74, 6) is -0.172. The van der Waals surface area contributed by atoms with E-state index in [9.17, 15) is 26.4 Å². The summed E-state index contributed by atoms with van der Waals surface area (Å²) in [6.45, 7) is 3.62. The molecule has 8 nitrogen and oxygen atoms in total. The Hall–Kier alpha value is -3.58. The number of benzene rings is 2. The number of sulfonamides is 1. The average Bonchev–Trinajstić information content (AvgIpc) is 3.56. The molecule has 38 heavy (non-hydrogen) atoms. The van der Waals surface area contributed by atoms with Crippen LogP contribution in [-0.2, 0) is 21.0 Å². The minimum Gasteiger partial charge on any atom is -0.368 e. The van der Waals surface area contributed by atoms with Gasteiger partial charge >= 0.3 is 6.18 Å². The molecule has 13 heteroatoms. The quantitative estimate of drug-likeness (QED) is 0.363. The molecule has 0 aliphatic carbocycles. The molecule has 4 aromatic rings. The molecule has 1 amide bonds. The Morgan fingerprint density at radius 2 is 1.76 bits per heavy atom. The van der Waals surface area contributed by atoms with E-state index in [2.05, 4.69) is 14.6 Å². The van der Waals surface area contributed by atoms with Crippen molar-refractivity contribution in [2.75, 3.05) is 35.8 Å². The first-order valence-corrected chi connectivity index (χ1v) is 14.1. The maximum absolute atomic E-state index is 13.2. The van der Waals surface area contributed by atoms with Crippen LogP contribution >= 0.6 is 11.3 Å². The van der Waals surface area contributed by atoms with Crippen molar-refractivity contribution in [3.05, 3.63) is 71.9 Å². The fourth-order valence-electron chi connectivity index (χ4n) is 4.52. The highest BCUT2D eigenvalue weighted by molar-refractivity contribution is 7.93. The van der Waals surface area contributed by atoms with Gasteiger partial charge in [-0.25, -0.2) is 13.4 Å². The van der Waals surface area contributed by atoms with Crippen molar-refractivity contribution in [1.82, 2.24) is 14.5 Å². The van der Waals surface area contributed by atoms with Crippen LogP contribution in [0.2, 0.25) is 0 Å². The summed E-state index contributed by atoms with van der Waals surface area (Å²) < 4.78 is 68.8. The van der Waals surface area contributed by atoms with Crippen molar-refractivity contribution < 1.29 is 26.4 Å². The fourth-order valence-corrected chi connectivity index (χ4v) is 6.30. The maximum Gasteiger partial charge on any atom is 0.416 e. The van der Waals surface area contributed by atoms with E-state index >= 15 is 0 Å². The van der Waals surface area contributed by atoms with E-state index in [0.29, 0.717) is 37.1 Å². The lowest BCUT2D eigenvalue weighted by Gasteiger charge is -2.37. The molecule has 0 spiro atoms. The largest absolute Gasteiger partial charge is 0.416 e. The number of fused-ring (bicyclic) bond motifs is 1. The number of amides is 1. The first-order valence-electron chi connectivity index (χ1n) is 11.8. The zero-order valence-electron chi connectivity index (χ0n) is 20.2. The number of thiazole rings is 1. The Bertz CT molecular complexity index is 1540. The normalized spacial score (nSPS) is 15.6. The number of nitrogens with one attached hydrogen (secondary N) is 1. The minimum absolute atomic E-state index is 0.117. The van der Waals surface area contributed by atoms with Crippen LogP contribution in [0.15, 0.2) is 71.2 Å². The second kappa shape index (κ2) is 9.95. The number of halogens is 3. The van der Waals surface area contributed by atoms with E-state index in [0.717, 1.165) is 17.8 Å². The zero-order valence-corrected chi connectivity index (χ0v) is 21.9. The standard InChI is InChI=1S/C25H24F3N5O3S2/c1-17(33-10-8-18-2-3-19(16-22(18)33)25(26,27)28)23(34)32-13-11-31(12-14-32)20-4-6-21(7-5-20)38(35,36)30-24-29-9-15-37-24/h2-10,15-17H,11-14H2,1H3,(H,29,30)/t17-/m0/s1. The second-order valence-corrected chi connectivity index (χ2v) is 11.5. The lowest BCUT2D eigenvalue weighted by Crippen LogP contribution is -2.50. The molecule has 0 saturated carbocycles. The Kier molecular flexibility index (Phi) is 6.82. The first kappa shape index (κ1) is 26.0. The molecule has 200 valence electrons. The number of piperazine rings is 1. The molecule has 1 atom stereocenters. The Labute approximate surface area is 221 Å². The molecule has 3 heterocycles. The molecule has 1 N–H and O–H groups in total. The van der Waals surface area contributed by atoms with E-state index in [4.69, 9.17) is 0 Å². The van der Waals surface area contributed by atoms with Gasteiger partial charge in [-0.15, -0.1) is 11.3 Å². The lowest BCUT2D eigenvalue weighted by molar-refractivity contribution is -0.137. The third kappa shape index (κ3) is 5.20. The van der Waals surface area contributed by atoms with Crippen LogP contribution in [0.25, 0.3) is 10.9 Å². The summed E-state index contributed by atoms with van der Waals surface area (Å²) in [5.41, 5.74) is 0.434. The molecule has 5 rings (SSSR count). The number of hydrogen-bond donors (Lipinski definition) is 1. The fraction of sp³-hybridized carbons (Fsp3) is 0.280. The Morgan fingerprint density at radius 3 is 2.39 bits per heavy atom. The highest BCUT2D eigenvalue weighted by atomic mass is 32.2. The second-order valence-electron chi connectivity index (χ2n) is 8.92. The number of nitrogens with zero attached hydrogens (tertiary/aromatic N) is 4. The number of hydrogen-bond acceptors (Lipinski definition) is 6. The van der Waals surface area contributed by atoms with Gasteiger partial charge in [0.15, 0.2) is 5.13 Å². The van der Waals surface area contributed by atoms with Gasteiger partial charge in [-0.1, -0.05) is 6.07 Å². The monoisotopic (exact) mass is 563 g/mol. The van der Waals surface area contributed by atoms with Gasteiger partial charge in [-0.2, -0.15) is 13.2 Å². The summed E-state index contributed by atoms with van der Waals surface area (Å²) >= 11 is 1.19. The van der Waals surface area contributed by atoms with Gasteiger partial charge in [0.05, 0.1) is 10.5 Å². The zero-order chi connectivity index (χ0) is 27.1. The van der Waals surface area contributed by atoms with Crippen LogP contribution in [0, 0.1) is 0 Å². The Morgan fingerprint density at radius 1 is 1.05 bits per heavy atom. The average molecular weight is 564 g/mol. The number of aromatic nitrogens is 2. The molecule has 1 aliphatic heterocycles. The summed E-state index contributed by atoms with van der Waals surface area (Å²) in [7, 11) is -3.75. The smallest absolute Gasteiger partial charge is 0.368 e. The van der Waals surface area contributed by atoms with E-state index in [1.165, 1.54) is 35.7 Å². The number of alkyl halides is 3. The first-order chi connectivity index (χ1) is 18.0. The summed E-state index contributed by atoms with van der Waals surface area (Å²) in [6, 6.07) is 11.1. The van der Waals surface area contributed by atoms with Crippen LogP contribution in [0.1, 0.15) is 18.5 Å². The topological polar surface area (TPSA) is 87.5 Å². The third-order valence-corrected chi connectivity index (χ3v) is 8.76. The van der Waals surface area contributed by atoms with E-state index in [1.54, 1.807) is 46.2 Å². The minimum atomic E-state index is -4.47. The molecule has 0 unspecified atom stereocenters. The lowest BCUT2D eigenvalue weighted by atomic mass is 10.1. The van der Waals surface area contributed by atoms with E-state index < -0.39 is 27.8 Å². The van der Waals surface area contributed by atoms with Crippen LogP contribution in [0.5, 0.6) is 0 Å². The Balaban J connectivity index is 1.23. The van der Waals surface area contributed by atoms with Gasteiger partial charge in [0, 0.05) is 55.2 Å². The molecular formula is C25H24F3N5O3S2. The molecule has 1 fully saturated rings. The summed E-state index contributed by atoms with van der Waals surface area (Å²) in [6.07, 6.45) is -1.31. The summed E-state index contributed by atoms with van der Waals surface area (Å²) in [5, 5.41) is 2.60. The molecular weight excluding hydrogens is 539 g/mol. The molecule has 2 aromatic carbocycles. The summed E-state index contributed by atoms with van der Waals surface area (Å²) in [4.78, 5) is 21.1. The van der Waals surface area contributed by atoms with E-state index in [1.807, 2.05) is 0 Å². The van der Waals surface area contributed by atoms with Gasteiger partial charge in [-0.3, -0.25) is 9.52 Å². The van der Waals surface area contributed by atoms with E-state index in [-0.39, 0.29) is 15.9 Å². The predicted octanol–water partition coefficient (Wildman–Crippen LogP) is 4.83. The van der Waals surface area contributed by atoms with Crippen LogP contribution < -0.4 is 9.62 Å². The van der Waals surface area contributed by atoms with Crippen molar-refractivity contribution in [1.29, 1.82) is 0 Å². The third-order valence-electron chi connectivity index (χ3n) is 6.58. The van der Waals surface area contributed by atoms with Gasteiger partial charge in [0.25, 0.3) is 10.0 Å². The molecule has 0 radical (unpaired) electrons. The van der Waals surface area contributed by atoms with Crippen LogP contribution in [-0.4, -0.2) is 55.0 Å². The van der Waals surface area contributed by atoms with Crippen molar-refractivity contribution >= 4 is 49.0 Å². The highest BCUT2D eigenvalue weighted by Gasteiger charge is 2.32. The number of rotatable bonds is 6. The highest BCUT2D eigenvalue weighted by Crippen LogP contribution is 2.33. The number of anilines is 2. The van der Waals surface area contributed by atoms with Crippen molar-refractivity contribution in [2.45, 2.75) is 24.0 Å². The van der Waals surface area contributed by atoms with Crippen molar-refractivity contribution in [3.8, 4) is 0 Å². The van der Waals surface area contributed by atoms with Gasteiger partial charge in [0.2, 0.25) is 5.91 Å². The number of carbonyl (C=O) groups excluding carboxylic acids is 1. The molecule has 2 aromatic heterocycles. The predicted molar refractivity (Wildman–Crippen MR) is 140 cm³/mol. The SMILES string of the molecule is C[C@@H](C(=O)N1CCN(c2ccc(S(=O)(=O)Nc3nccs3)cc2)CC1)n1ccc2ccc(C(F)(F)F)cc21. The molecule has 0 bridgehead atoms. The molecule has 1 aliphatic rings. The maximum atomic E-state index is 13.2. The molecule has 1 saturated heterocycles. The van der Waals surface area contributed by atoms with Gasteiger partial charge in [0.1, 0.15) is 6.04 Å². The van der Waals surface area contributed by atoms with Crippen molar-refractivity contribution in [3.63, 3.8) is 0 Å². The van der Waals surface area contributed by atoms with Crippen LogP contribution in [0.3, 0.4) is 0 Å². The van der Waals surface area contributed by atoms with Gasteiger partial charge < -0.3 is 14.4 Å². The van der Waals surface area contributed by atoms with Crippen LogP contribution in [0.4, 0.5) is 24.0 Å². The number of carbonyl (C=O) groups is 1.